The minimum absolute atomic E-state index is 0.378. The second kappa shape index (κ2) is 3.94. The first-order chi connectivity index (χ1) is 7.73. The third-order valence-electron chi connectivity index (χ3n) is 3.41. The zero-order valence-electron chi connectivity index (χ0n) is 10.7. The van der Waals surface area contributed by atoms with Gasteiger partial charge in [-0.2, -0.15) is 0 Å². The van der Waals surface area contributed by atoms with Crippen molar-refractivity contribution in [3.05, 3.63) is 17.0 Å². The summed E-state index contributed by atoms with van der Waals surface area (Å²) >= 11 is 5.95. The van der Waals surface area contributed by atoms with Crippen molar-refractivity contribution in [2.75, 3.05) is 0 Å². The normalized spacial score (nSPS) is 21.9. The van der Waals surface area contributed by atoms with Gasteiger partial charge in [0.05, 0.1) is 22.5 Å². The Morgan fingerprint density at radius 2 is 1.71 bits per heavy atom. The Hall–Kier alpha value is -0.645. The molecule has 1 aromatic heterocycles. The third kappa shape index (κ3) is 2.19. The molecule has 1 aliphatic heterocycles. The second-order valence-electron chi connectivity index (χ2n) is 5.26. The van der Waals surface area contributed by atoms with Gasteiger partial charge < -0.3 is 9.31 Å². The minimum atomic E-state index is -0.509. The molecule has 1 saturated heterocycles. The number of nitrogens with zero attached hydrogens (tertiary/aromatic N) is 2. The lowest BCUT2D eigenvalue weighted by Crippen LogP contribution is -2.41. The molecule has 0 aromatic carbocycles. The summed E-state index contributed by atoms with van der Waals surface area (Å²) in [6.45, 7) is 9.79. The molecule has 6 heteroatoms. The van der Waals surface area contributed by atoms with Gasteiger partial charge in [0, 0.05) is 6.20 Å². The van der Waals surface area contributed by atoms with Gasteiger partial charge in [-0.1, -0.05) is 11.6 Å². The maximum atomic E-state index is 5.95. The summed E-state index contributed by atoms with van der Waals surface area (Å²) in [6.07, 6.45) is 1.64. The van der Waals surface area contributed by atoms with Crippen LogP contribution < -0.4 is 5.59 Å². The highest BCUT2D eigenvalue weighted by atomic mass is 35.5. The van der Waals surface area contributed by atoms with Gasteiger partial charge in [-0.3, -0.25) is 4.98 Å². The molecule has 0 saturated carbocycles. The molecule has 0 N–H and O–H groups in total. The highest BCUT2D eigenvalue weighted by molar-refractivity contribution is 6.61. The fourth-order valence-corrected chi connectivity index (χ4v) is 1.66. The Balaban J connectivity index is 2.29. The van der Waals surface area contributed by atoms with Crippen LogP contribution in [-0.2, 0) is 9.31 Å². The van der Waals surface area contributed by atoms with Gasteiger partial charge in [-0.05, 0) is 34.6 Å². The van der Waals surface area contributed by atoms with E-state index in [0.29, 0.717) is 16.4 Å². The molecule has 4 nitrogen and oxygen atoms in total. The van der Waals surface area contributed by atoms with E-state index in [1.807, 2.05) is 34.6 Å². The van der Waals surface area contributed by atoms with Gasteiger partial charge in [0.15, 0.2) is 0 Å². The predicted octanol–water partition coefficient (Wildman–Crippen LogP) is 1.74. The molecule has 1 aromatic rings. The molecule has 0 radical (unpaired) electrons. The molecule has 0 atom stereocenters. The van der Waals surface area contributed by atoms with E-state index in [0.717, 1.165) is 0 Å². The van der Waals surface area contributed by atoms with E-state index in [1.165, 1.54) is 0 Å². The van der Waals surface area contributed by atoms with Gasteiger partial charge in [-0.15, -0.1) is 0 Å². The summed E-state index contributed by atoms with van der Waals surface area (Å²) in [7, 11) is -0.509. The maximum Gasteiger partial charge on any atom is 0.516 e. The van der Waals surface area contributed by atoms with Crippen molar-refractivity contribution in [3.63, 3.8) is 0 Å². The Labute approximate surface area is 107 Å². The molecule has 1 fully saturated rings. The summed E-state index contributed by atoms with van der Waals surface area (Å²) in [4.78, 5) is 8.40. The average Bonchev–Trinajstić information content (AvgIpc) is 2.41. The Bertz CT molecular complexity index is 435. The van der Waals surface area contributed by atoms with Crippen molar-refractivity contribution in [3.8, 4) is 0 Å². The summed E-state index contributed by atoms with van der Waals surface area (Å²) in [5.74, 6) is 0. The first-order valence-corrected chi connectivity index (χ1v) is 5.95. The summed E-state index contributed by atoms with van der Waals surface area (Å²) in [5.41, 5.74) is 0.555. The zero-order chi connectivity index (χ0) is 12.8. The molecule has 0 spiro atoms. The van der Waals surface area contributed by atoms with E-state index in [4.69, 9.17) is 20.9 Å². The highest BCUT2D eigenvalue weighted by Gasteiger charge is 2.52. The number of aryl methyl sites for hydroxylation is 1. The number of rotatable bonds is 1. The molecule has 0 amide bonds. The number of halogens is 1. The van der Waals surface area contributed by atoms with Crippen LogP contribution in [-0.4, -0.2) is 28.3 Å². The van der Waals surface area contributed by atoms with Crippen LogP contribution >= 0.6 is 11.6 Å². The van der Waals surface area contributed by atoms with Gasteiger partial charge >= 0.3 is 7.12 Å². The summed E-state index contributed by atoms with van der Waals surface area (Å²) in [5, 5.41) is 0.386. The van der Waals surface area contributed by atoms with E-state index in [-0.39, 0.29) is 11.2 Å². The maximum absolute atomic E-state index is 5.95. The monoisotopic (exact) mass is 254 g/mol. The number of hydrogen-bond donors (Lipinski definition) is 0. The first-order valence-electron chi connectivity index (χ1n) is 5.58. The van der Waals surface area contributed by atoms with Gasteiger partial charge in [-0.25, -0.2) is 4.98 Å². The fraction of sp³-hybridized carbons (Fsp3) is 0.636. The largest absolute Gasteiger partial charge is 0.516 e. The Kier molecular flexibility index (Phi) is 2.96. The Morgan fingerprint density at radius 1 is 1.18 bits per heavy atom. The lowest BCUT2D eigenvalue weighted by atomic mass is 9.85. The zero-order valence-corrected chi connectivity index (χ0v) is 11.5. The molecule has 2 heterocycles. The molecule has 2 rings (SSSR count). The molecule has 17 heavy (non-hydrogen) atoms. The quantitative estimate of drug-likeness (QED) is 0.716. The Morgan fingerprint density at radius 3 is 2.18 bits per heavy atom. The van der Waals surface area contributed by atoms with Crippen LogP contribution in [0.5, 0.6) is 0 Å². The number of aromatic nitrogens is 2. The van der Waals surface area contributed by atoms with Crippen LogP contribution in [0.4, 0.5) is 0 Å². The van der Waals surface area contributed by atoms with Crippen molar-refractivity contribution >= 4 is 24.3 Å². The van der Waals surface area contributed by atoms with Crippen LogP contribution in [0.2, 0.25) is 5.15 Å². The van der Waals surface area contributed by atoms with Crippen molar-refractivity contribution in [2.45, 2.75) is 45.8 Å². The van der Waals surface area contributed by atoms with Crippen molar-refractivity contribution < 1.29 is 9.31 Å². The van der Waals surface area contributed by atoms with E-state index in [1.54, 1.807) is 6.20 Å². The third-order valence-corrected chi connectivity index (χ3v) is 3.77. The topological polar surface area (TPSA) is 44.2 Å². The molecule has 0 aliphatic carbocycles. The van der Waals surface area contributed by atoms with Crippen LogP contribution in [0, 0.1) is 6.92 Å². The minimum Gasteiger partial charge on any atom is -0.398 e. The smallest absolute Gasteiger partial charge is 0.398 e. The SMILES string of the molecule is Cc1ncc(B2OC(C)(C)C(C)(C)O2)nc1Cl. The van der Waals surface area contributed by atoms with Crippen molar-refractivity contribution in [2.24, 2.45) is 0 Å². The number of hydrogen-bond acceptors (Lipinski definition) is 4. The van der Waals surface area contributed by atoms with Gasteiger partial charge in [0.1, 0.15) is 5.15 Å². The summed E-state index contributed by atoms with van der Waals surface area (Å²) in [6, 6.07) is 0. The van der Waals surface area contributed by atoms with E-state index in [2.05, 4.69) is 9.97 Å². The molecular formula is C11H16BClN2O2. The fourth-order valence-electron chi connectivity index (χ4n) is 1.52. The average molecular weight is 255 g/mol. The van der Waals surface area contributed by atoms with E-state index < -0.39 is 7.12 Å². The van der Waals surface area contributed by atoms with Crippen molar-refractivity contribution in [1.82, 2.24) is 9.97 Å². The molecular weight excluding hydrogens is 238 g/mol. The standard InChI is InChI=1S/C11H16BClN2O2/c1-7-9(13)15-8(6-14-7)12-16-10(2,3)11(4,5)17-12/h6H,1-5H3. The van der Waals surface area contributed by atoms with Gasteiger partial charge in [0.25, 0.3) is 0 Å². The molecule has 1 aliphatic rings. The molecule has 0 unspecified atom stereocenters. The van der Waals surface area contributed by atoms with Crippen LogP contribution in [0.3, 0.4) is 0 Å². The lowest BCUT2D eigenvalue weighted by Gasteiger charge is -2.32. The van der Waals surface area contributed by atoms with Crippen LogP contribution in [0.1, 0.15) is 33.4 Å². The highest BCUT2D eigenvalue weighted by Crippen LogP contribution is 2.36. The predicted molar refractivity (Wildman–Crippen MR) is 67.5 cm³/mol. The van der Waals surface area contributed by atoms with Crippen LogP contribution in [0.15, 0.2) is 6.20 Å². The van der Waals surface area contributed by atoms with Gasteiger partial charge in [0.2, 0.25) is 0 Å². The van der Waals surface area contributed by atoms with E-state index >= 15 is 0 Å². The second-order valence-corrected chi connectivity index (χ2v) is 5.62. The lowest BCUT2D eigenvalue weighted by molar-refractivity contribution is 0.00578. The van der Waals surface area contributed by atoms with Crippen LogP contribution in [0.25, 0.3) is 0 Å². The summed E-state index contributed by atoms with van der Waals surface area (Å²) < 4.78 is 11.7. The van der Waals surface area contributed by atoms with E-state index in [9.17, 15) is 0 Å². The van der Waals surface area contributed by atoms with Crippen molar-refractivity contribution in [1.29, 1.82) is 0 Å². The molecule has 92 valence electrons. The molecule has 0 bridgehead atoms. The first kappa shape index (κ1) is 12.8.